The Hall–Kier alpha value is -1.38. The van der Waals surface area contributed by atoms with Crippen molar-refractivity contribution in [2.45, 2.75) is 58.4 Å². The van der Waals surface area contributed by atoms with Crippen molar-refractivity contribution < 1.29 is 4.79 Å². The molecule has 19 heavy (non-hydrogen) atoms. The van der Waals surface area contributed by atoms with Crippen LogP contribution in [0.3, 0.4) is 0 Å². The first-order chi connectivity index (χ1) is 9.20. The van der Waals surface area contributed by atoms with Crippen molar-refractivity contribution in [2.24, 2.45) is 5.92 Å². The van der Waals surface area contributed by atoms with E-state index in [0.717, 1.165) is 12.1 Å². The van der Waals surface area contributed by atoms with Gasteiger partial charge in [0.1, 0.15) is 5.69 Å². The number of nitrogens with zero attached hydrogens (tertiary/aromatic N) is 1. The minimum Gasteiger partial charge on any atom is -0.348 e. The number of hydrogen-bond acceptors (Lipinski definition) is 2. The molecule has 1 aromatic heterocycles. The average molecular weight is 260 g/mol. The van der Waals surface area contributed by atoms with Gasteiger partial charge in [0.2, 0.25) is 0 Å². The zero-order valence-electron chi connectivity index (χ0n) is 12.0. The average Bonchev–Trinajstić information content (AvgIpc) is 2.83. The topological polar surface area (TPSA) is 42.0 Å². The summed E-state index contributed by atoms with van der Waals surface area (Å²) >= 11 is 0. The van der Waals surface area contributed by atoms with Crippen molar-refractivity contribution in [1.29, 1.82) is 0 Å². The largest absolute Gasteiger partial charge is 0.348 e. The van der Waals surface area contributed by atoms with Gasteiger partial charge in [-0.3, -0.25) is 4.79 Å². The van der Waals surface area contributed by atoms with Gasteiger partial charge >= 0.3 is 0 Å². The Bertz CT molecular complexity index is 431. The maximum atomic E-state index is 12.2. The normalized spacial score (nSPS) is 22.4. The molecule has 1 aliphatic rings. The van der Waals surface area contributed by atoms with Gasteiger partial charge in [-0.05, 0) is 44.2 Å². The fraction of sp³-hybridized carbons (Fsp3) is 0.625. The van der Waals surface area contributed by atoms with Crippen LogP contribution < -0.4 is 5.32 Å². The molecule has 2 unspecified atom stereocenters. The zero-order chi connectivity index (χ0) is 13.7. The zero-order valence-corrected chi connectivity index (χ0v) is 12.0. The van der Waals surface area contributed by atoms with Crippen molar-refractivity contribution in [3.05, 3.63) is 29.6 Å². The number of aromatic nitrogens is 1. The van der Waals surface area contributed by atoms with Gasteiger partial charge in [-0.15, -0.1) is 0 Å². The molecule has 3 heteroatoms. The molecule has 2 rings (SSSR count). The highest BCUT2D eigenvalue weighted by Crippen LogP contribution is 2.30. The third-order valence-corrected chi connectivity index (χ3v) is 4.03. The molecule has 1 fully saturated rings. The van der Waals surface area contributed by atoms with E-state index in [1.807, 2.05) is 19.1 Å². The molecule has 1 N–H and O–H groups in total. The van der Waals surface area contributed by atoms with Gasteiger partial charge in [0.05, 0.1) is 0 Å². The molecule has 1 heterocycles. The molecule has 0 spiro atoms. The molecule has 2 atom stereocenters. The van der Waals surface area contributed by atoms with E-state index in [0.29, 0.717) is 17.7 Å². The summed E-state index contributed by atoms with van der Waals surface area (Å²) < 4.78 is 0. The lowest BCUT2D eigenvalue weighted by atomic mass is 9.96. The van der Waals surface area contributed by atoms with Gasteiger partial charge in [-0.25, -0.2) is 4.98 Å². The van der Waals surface area contributed by atoms with Crippen LogP contribution in [0.1, 0.15) is 61.6 Å². The predicted octanol–water partition coefficient (Wildman–Crippen LogP) is 3.48. The van der Waals surface area contributed by atoms with Gasteiger partial charge in [0, 0.05) is 11.7 Å². The van der Waals surface area contributed by atoms with Crippen LogP contribution >= 0.6 is 0 Å². The number of pyridine rings is 1. The second-order valence-corrected chi connectivity index (χ2v) is 5.58. The number of carbonyl (C=O) groups is 1. The Morgan fingerprint density at radius 1 is 1.42 bits per heavy atom. The van der Waals surface area contributed by atoms with Crippen LogP contribution in [0.2, 0.25) is 0 Å². The molecule has 0 bridgehead atoms. The molecule has 0 aliphatic heterocycles. The number of unbranched alkanes of at least 4 members (excludes halogenated alkanes) is 1. The van der Waals surface area contributed by atoms with Crippen LogP contribution in [0.15, 0.2) is 18.2 Å². The molecule has 0 aromatic carbocycles. The van der Waals surface area contributed by atoms with E-state index >= 15 is 0 Å². The van der Waals surface area contributed by atoms with E-state index in [4.69, 9.17) is 0 Å². The number of aryl methyl sites for hydroxylation is 1. The Morgan fingerprint density at radius 3 is 3.00 bits per heavy atom. The molecule has 1 amide bonds. The van der Waals surface area contributed by atoms with Crippen molar-refractivity contribution in [3.63, 3.8) is 0 Å². The summed E-state index contributed by atoms with van der Waals surface area (Å²) in [5.41, 5.74) is 1.43. The minimum atomic E-state index is -0.0166. The summed E-state index contributed by atoms with van der Waals surface area (Å²) in [5, 5.41) is 3.18. The monoisotopic (exact) mass is 260 g/mol. The quantitative estimate of drug-likeness (QED) is 0.880. The fourth-order valence-corrected chi connectivity index (χ4v) is 2.95. The van der Waals surface area contributed by atoms with Gasteiger partial charge in [-0.1, -0.05) is 32.3 Å². The first-order valence-corrected chi connectivity index (χ1v) is 7.45. The summed E-state index contributed by atoms with van der Waals surface area (Å²) in [6.07, 6.45) is 7.34. The summed E-state index contributed by atoms with van der Waals surface area (Å²) in [5.74, 6) is 0.644. The number of amides is 1. The van der Waals surface area contributed by atoms with Crippen molar-refractivity contribution in [3.8, 4) is 0 Å². The van der Waals surface area contributed by atoms with E-state index in [-0.39, 0.29) is 5.91 Å². The van der Waals surface area contributed by atoms with Crippen LogP contribution in [0.5, 0.6) is 0 Å². The van der Waals surface area contributed by atoms with Crippen LogP contribution in [-0.4, -0.2) is 16.9 Å². The van der Waals surface area contributed by atoms with Crippen molar-refractivity contribution in [1.82, 2.24) is 10.3 Å². The highest BCUT2D eigenvalue weighted by atomic mass is 16.1. The lowest BCUT2D eigenvalue weighted by Crippen LogP contribution is -2.37. The first-order valence-electron chi connectivity index (χ1n) is 7.45. The number of rotatable bonds is 5. The van der Waals surface area contributed by atoms with Gasteiger partial charge in [0.25, 0.3) is 5.91 Å². The van der Waals surface area contributed by atoms with Crippen molar-refractivity contribution >= 4 is 5.91 Å². The highest BCUT2D eigenvalue weighted by molar-refractivity contribution is 5.92. The molecule has 0 radical (unpaired) electrons. The first kappa shape index (κ1) is 14.0. The molecule has 3 nitrogen and oxygen atoms in total. The SMILES string of the molecule is CCCCC1CCCC1NC(=O)c1cccc(C)n1. The van der Waals surface area contributed by atoms with Crippen LogP contribution in [0, 0.1) is 12.8 Å². The van der Waals surface area contributed by atoms with Crippen molar-refractivity contribution in [2.75, 3.05) is 0 Å². The lowest BCUT2D eigenvalue weighted by Gasteiger charge is -2.20. The lowest BCUT2D eigenvalue weighted by molar-refractivity contribution is 0.0921. The van der Waals surface area contributed by atoms with E-state index in [9.17, 15) is 4.79 Å². The summed E-state index contributed by atoms with van der Waals surface area (Å²) in [7, 11) is 0. The molecule has 104 valence electrons. The summed E-state index contributed by atoms with van der Waals surface area (Å²) in [6, 6.07) is 5.94. The van der Waals surface area contributed by atoms with E-state index in [1.165, 1.54) is 32.1 Å². The number of carbonyl (C=O) groups excluding carboxylic acids is 1. The Balaban J connectivity index is 1.94. The Morgan fingerprint density at radius 2 is 2.26 bits per heavy atom. The second-order valence-electron chi connectivity index (χ2n) is 5.58. The van der Waals surface area contributed by atoms with Crippen LogP contribution in [0.25, 0.3) is 0 Å². The third-order valence-electron chi connectivity index (χ3n) is 4.03. The maximum Gasteiger partial charge on any atom is 0.270 e. The summed E-state index contributed by atoms with van der Waals surface area (Å²) in [4.78, 5) is 16.5. The van der Waals surface area contributed by atoms with E-state index < -0.39 is 0 Å². The third kappa shape index (κ3) is 3.79. The Labute approximate surface area is 115 Å². The highest BCUT2D eigenvalue weighted by Gasteiger charge is 2.28. The van der Waals surface area contributed by atoms with E-state index in [2.05, 4.69) is 17.2 Å². The molecular formula is C16H24N2O. The maximum absolute atomic E-state index is 12.2. The molecule has 1 aromatic rings. The number of hydrogen-bond donors (Lipinski definition) is 1. The minimum absolute atomic E-state index is 0.0166. The Kier molecular flexibility index (Phi) is 4.94. The summed E-state index contributed by atoms with van der Waals surface area (Å²) in [6.45, 7) is 4.13. The molecule has 0 saturated heterocycles. The van der Waals surface area contributed by atoms with Gasteiger partial charge < -0.3 is 5.32 Å². The number of nitrogens with one attached hydrogen (secondary N) is 1. The van der Waals surface area contributed by atoms with Gasteiger partial charge in [-0.2, -0.15) is 0 Å². The standard InChI is InChI=1S/C16H24N2O/c1-3-4-8-13-9-6-10-14(13)18-16(19)15-11-5-7-12(2)17-15/h5,7,11,13-14H,3-4,6,8-10H2,1-2H3,(H,18,19). The second kappa shape index (κ2) is 6.69. The molecular weight excluding hydrogens is 236 g/mol. The molecule has 1 saturated carbocycles. The smallest absolute Gasteiger partial charge is 0.270 e. The van der Waals surface area contributed by atoms with Gasteiger partial charge in [0.15, 0.2) is 0 Å². The fourth-order valence-electron chi connectivity index (χ4n) is 2.95. The van der Waals surface area contributed by atoms with Crippen LogP contribution in [0.4, 0.5) is 0 Å². The van der Waals surface area contributed by atoms with E-state index in [1.54, 1.807) is 6.07 Å². The predicted molar refractivity (Wildman–Crippen MR) is 77.1 cm³/mol. The molecule has 1 aliphatic carbocycles. The van der Waals surface area contributed by atoms with Crippen LogP contribution in [-0.2, 0) is 0 Å².